The van der Waals surface area contributed by atoms with E-state index >= 15 is 0 Å². The SMILES string of the molecule is COC(=O)/C=C/c1cnc(Cl)nc1NCc1ccc(-c2nc(C(F)(F)F)cn2C(C)C)cc1. The van der Waals surface area contributed by atoms with Crippen LogP contribution in [0.2, 0.25) is 5.28 Å². The van der Waals surface area contributed by atoms with Crippen LogP contribution in [0.25, 0.3) is 17.5 Å². The monoisotopic (exact) mass is 479 g/mol. The number of carbonyl (C=O) groups excluding carboxylic acids is 1. The molecule has 0 radical (unpaired) electrons. The molecule has 0 spiro atoms. The highest BCUT2D eigenvalue weighted by atomic mass is 35.5. The molecule has 33 heavy (non-hydrogen) atoms. The predicted octanol–water partition coefficient (Wildman–Crippen LogP) is 5.39. The summed E-state index contributed by atoms with van der Waals surface area (Å²) in [7, 11) is 1.27. The molecular weight excluding hydrogens is 459 g/mol. The Kier molecular flexibility index (Phi) is 7.37. The second-order valence-electron chi connectivity index (χ2n) is 7.30. The standard InChI is InChI=1S/C22H21ClF3N5O2/c1-13(2)31-12-17(22(24,25)26)29-20(31)15-6-4-14(5-7-15)10-27-19-16(8-9-18(32)33-3)11-28-21(23)30-19/h4-9,11-13H,10H2,1-3H3,(H,27,28,30)/b9-8+. The van der Waals surface area contributed by atoms with E-state index in [1.54, 1.807) is 38.1 Å². The lowest BCUT2D eigenvalue weighted by Crippen LogP contribution is -2.05. The van der Waals surface area contributed by atoms with Crippen LogP contribution in [0.4, 0.5) is 19.0 Å². The van der Waals surface area contributed by atoms with Gasteiger partial charge in [0.25, 0.3) is 0 Å². The molecule has 1 N–H and O–H groups in total. The van der Waals surface area contributed by atoms with Crippen molar-refractivity contribution in [3.8, 4) is 11.4 Å². The van der Waals surface area contributed by atoms with Crippen LogP contribution in [0.1, 0.15) is 36.7 Å². The predicted molar refractivity (Wildman–Crippen MR) is 118 cm³/mol. The molecule has 2 aromatic heterocycles. The number of methoxy groups -OCH3 is 1. The van der Waals surface area contributed by atoms with Gasteiger partial charge in [-0.05, 0) is 37.1 Å². The molecule has 1 aromatic carbocycles. The van der Waals surface area contributed by atoms with E-state index in [-0.39, 0.29) is 17.1 Å². The Morgan fingerprint density at radius 3 is 2.55 bits per heavy atom. The van der Waals surface area contributed by atoms with Crippen molar-refractivity contribution in [3.63, 3.8) is 0 Å². The molecule has 174 valence electrons. The summed E-state index contributed by atoms with van der Waals surface area (Å²) in [6.45, 7) is 3.94. The number of alkyl halides is 3. The number of halogens is 4. The van der Waals surface area contributed by atoms with E-state index in [9.17, 15) is 18.0 Å². The first kappa shape index (κ1) is 24.2. The minimum Gasteiger partial charge on any atom is -0.466 e. The minimum absolute atomic E-state index is 0.0315. The van der Waals surface area contributed by atoms with Crippen molar-refractivity contribution < 1.29 is 22.7 Å². The molecular formula is C22H21ClF3N5O2. The highest BCUT2D eigenvalue weighted by Gasteiger charge is 2.35. The smallest absolute Gasteiger partial charge is 0.434 e. The fraction of sp³-hybridized carbons (Fsp3) is 0.273. The van der Waals surface area contributed by atoms with Gasteiger partial charge in [0.1, 0.15) is 11.6 Å². The van der Waals surface area contributed by atoms with Crippen molar-refractivity contribution in [1.29, 1.82) is 0 Å². The number of hydrogen-bond donors (Lipinski definition) is 1. The number of ether oxygens (including phenoxy) is 1. The van der Waals surface area contributed by atoms with Gasteiger partial charge in [-0.3, -0.25) is 0 Å². The molecule has 0 saturated heterocycles. The summed E-state index contributed by atoms with van der Waals surface area (Å²) >= 11 is 5.88. The van der Waals surface area contributed by atoms with Gasteiger partial charge in [0.2, 0.25) is 5.28 Å². The summed E-state index contributed by atoms with van der Waals surface area (Å²) in [5.74, 6) is 0.124. The Labute approximate surface area is 193 Å². The van der Waals surface area contributed by atoms with Crippen LogP contribution in [0.15, 0.2) is 42.7 Å². The largest absolute Gasteiger partial charge is 0.466 e. The molecule has 0 aliphatic carbocycles. The highest BCUT2D eigenvalue weighted by Crippen LogP contribution is 2.32. The minimum atomic E-state index is -4.52. The number of carbonyl (C=O) groups is 1. The van der Waals surface area contributed by atoms with E-state index in [0.29, 0.717) is 23.5 Å². The number of rotatable bonds is 7. The Hall–Kier alpha value is -3.40. The lowest BCUT2D eigenvalue weighted by Gasteiger charge is -2.12. The third kappa shape index (κ3) is 6.10. The van der Waals surface area contributed by atoms with E-state index in [1.165, 1.54) is 30.0 Å². The van der Waals surface area contributed by atoms with E-state index in [0.717, 1.165) is 11.8 Å². The van der Waals surface area contributed by atoms with Gasteiger partial charge in [-0.15, -0.1) is 0 Å². The topological polar surface area (TPSA) is 81.9 Å². The molecule has 0 aliphatic heterocycles. The lowest BCUT2D eigenvalue weighted by atomic mass is 10.1. The zero-order chi connectivity index (χ0) is 24.2. The zero-order valence-corrected chi connectivity index (χ0v) is 18.8. The fourth-order valence-corrected chi connectivity index (χ4v) is 3.09. The average Bonchev–Trinajstić information content (AvgIpc) is 3.23. The number of anilines is 1. The van der Waals surface area contributed by atoms with Crippen molar-refractivity contribution in [2.75, 3.05) is 12.4 Å². The molecule has 2 heterocycles. The summed E-state index contributed by atoms with van der Waals surface area (Å²) in [6.07, 6.45) is 0.704. The van der Waals surface area contributed by atoms with Crippen LogP contribution in [0, 0.1) is 0 Å². The van der Waals surface area contributed by atoms with Gasteiger partial charge in [0, 0.05) is 42.2 Å². The molecule has 0 fully saturated rings. The lowest BCUT2D eigenvalue weighted by molar-refractivity contribution is -0.141. The van der Waals surface area contributed by atoms with Crippen molar-refractivity contribution >= 4 is 29.5 Å². The molecule has 0 aliphatic rings. The van der Waals surface area contributed by atoms with E-state index in [1.807, 2.05) is 0 Å². The second kappa shape index (κ2) is 10.0. The Morgan fingerprint density at radius 1 is 1.24 bits per heavy atom. The normalized spacial score (nSPS) is 11.9. The first-order valence-corrected chi connectivity index (χ1v) is 10.2. The maximum absolute atomic E-state index is 13.1. The summed E-state index contributed by atoms with van der Waals surface area (Å²) in [5, 5.41) is 3.15. The van der Waals surface area contributed by atoms with Gasteiger partial charge in [-0.1, -0.05) is 24.3 Å². The molecule has 11 heteroatoms. The zero-order valence-electron chi connectivity index (χ0n) is 18.0. The van der Waals surface area contributed by atoms with Gasteiger partial charge in [-0.2, -0.15) is 13.2 Å². The number of esters is 1. The van der Waals surface area contributed by atoms with Crippen molar-refractivity contribution in [2.24, 2.45) is 0 Å². The van der Waals surface area contributed by atoms with Crippen LogP contribution < -0.4 is 5.32 Å². The van der Waals surface area contributed by atoms with Gasteiger partial charge in [0.05, 0.1) is 7.11 Å². The number of nitrogens with one attached hydrogen (secondary N) is 1. The fourth-order valence-electron chi connectivity index (χ4n) is 2.95. The summed E-state index contributed by atoms with van der Waals surface area (Å²) in [5.41, 5.74) is 1.01. The van der Waals surface area contributed by atoms with Crippen LogP contribution >= 0.6 is 11.6 Å². The van der Waals surface area contributed by atoms with Crippen LogP contribution in [-0.2, 0) is 22.3 Å². The molecule has 0 saturated carbocycles. The summed E-state index contributed by atoms with van der Waals surface area (Å²) < 4.78 is 45.5. The van der Waals surface area contributed by atoms with E-state index in [4.69, 9.17) is 11.6 Å². The molecule has 0 amide bonds. The molecule has 0 bridgehead atoms. The van der Waals surface area contributed by atoms with E-state index in [2.05, 4.69) is 25.0 Å². The maximum atomic E-state index is 13.1. The molecule has 0 atom stereocenters. The van der Waals surface area contributed by atoms with Crippen molar-refractivity contribution in [2.45, 2.75) is 32.6 Å². The quantitative estimate of drug-likeness (QED) is 0.278. The van der Waals surface area contributed by atoms with Crippen LogP contribution in [0.5, 0.6) is 0 Å². The van der Waals surface area contributed by atoms with Crippen LogP contribution in [-0.4, -0.2) is 32.6 Å². The first-order chi connectivity index (χ1) is 15.6. The van der Waals surface area contributed by atoms with Gasteiger partial charge >= 0.3 is 12.1 Å². The van der Waals surface area contributed by atoms with Gasteiger partial charge in [-0.25, -0.2) is 19.7 Å². The Bertz CT molecular complexity index is 1160. The van der Waals surface area contributed by atoms with Crippen molar-refractivity contribution in [1.82, 2.24) is 19.5 Å². The number of hydrogen-bond acceptors (Lipinski definition) is 6. The van der Waals surface area contributed by atoms with E-state index < -0.39 is 17.8 Å². The van der Waals surface area contributed by atoms with Crippen molar-refractivity contribution in [3.05, 3.63) is 64.8 Å². The second-order valence-corrected chi connectivity index (χ2v) is 7.64. The number of benzene rings is 1. The summed E-state index contributed by atoms with van der Waals surface area (Å²) in [4.78, 5) is 23.2. The Balaban J connectivity index is 1.79. The highest BCUT2D eigenvalue weighted by molar-refractivity contribution is 6.28. The maximum Gasteiger partial charge on any atom is 0.434 e. The van der Waals surface area contributed by atoms with Crippen LogP contribution in [0.3, 0.4) is 0 Å². The first-order valence-electron chi connectivity index (χ1n) is 9.86. The third-order valence-corrected chi connectivity index (χ3v) is 4.82. The van der Waals surface area contributed by atoms with Gasteiger partial charge < -0.3 is 14.6 Å². The van der Waals surface area contributed by atoms with Gasteiger partial charge in [0.15, 0.2) is 5.69 Å². The number of imidazole rings is 1. The number of nitrogens with zero attached hydrogens (tertiary/aromatic N) is 4. The molecule has 0 unspecified atom stereocenters. The molecule has 3 rings (SSSR count). The number of aromatic nitrogens is 4. The summed E-state index contributed by atoms with van der Waals surface area (Å²) in [6, 6.07) is 6.79. The third-order valence-electron chi connectivity index (χ3n) is 4.64. The molecule has 3 aromatic rings. The Morgan fingerprint density at radius 2 is 1.94 bits per heavy atom. The molecule has 7 nitrogen and oxygen atoms in total. The average molecular weight is 480 g/mol.